The Balaban J connectivity index is 1.98. The summed E-state index contributed by atoms with van der Waals surface area (Å²) in [4.78, 5) is 10.4. The molecule has 0 atom stereocenters. The fourth-order valence-electron chi connectivity index (χ4n) is 2.24. The quantitative estimate of drug-likeness (QED) is 0.680. The zero-order valence-electron chi connectivity index (χ0n) is 13.6. The molecule has 0 aliphatic carbocycles. The van der Waals surface area contributed by atoms with Gasteiger partial charge in [0.25, 0.3) is 0 Å². The standard InChI is InChI=1S/C17H21FN4O/c1-19-17(21-11-14-5-4-10-20-16(14)23-3)22(2)12-13-6-8-15(18)9-7-13/h4-10H,11-12H2,1-3H3,(H,19,21). The molecule has 1 heterocycles. The van der Waals surface area contributed by atoms with Crippen molar-refractivity contribution in [1.29, 1.82) is 0 Å². The Labute approximate surface area is 135 Å². The van der Waals surface area contributed by atoms with Gasteiger partial charge in [-0.25, -0.2) is 9.37 Å². The van der Waals surface area contributed by atoms with Crippen LogP contribution in [0.4, 0.5) is 4.39 Å². The second-order valence-corrected chi connectivity index (χ2v) is 5.06. The minimum atomic E-state index is -0.234. The van der Waals surface area contributed by atoms with Gasteiger partial charge in [-0.1, -0.05) is 18.2 Å². The van der Waals surface area contributed by atoms with E-state index in [2.05, 4.69) is 15.3 Å². The Morgan fingerprint density at radius 2 is 2.04 bits per heavy atom. The van der Waals surface area contributed by atoms with Gasteiger partial charge < -0.3 is 15.0 Å². The number of guanidine groups is 1. The topological polar surface area (TPSA) is 49.8 Å². The first-order valence-electron chi connectivity index (χ1n) is 7.28. The van der Waals surface area contributed by atoms with Crippen molar-refractivity contribution >= 4 is 5.96 Å². The van der Waals surface area contributed by atoms with E-state index < -0.39 is 0 Å². The molecule has 1 N–H and O–H groups in total. The molecule has 1 aromatic heterocycles. The summed E-state index contributed by atoms with van der Waals surface area (Å²) in [6, 6.07) is 10.3. The molecular formula is C17H21FN4O. The number of benzene rings is 1. The van der Waals surface area contributed by atoms with Crippen LogP contribution in [-0.2, 0) is 13.1 Å². The maximum absolute atomic E-state index is 13.0. The van der Waals surface area contributed by atoms with Gasteiger partial charge in [0.2, 0.25) is 5.88 Å². The first-order chi connectivity index (χ1) is 11.1. The molecule has 0 saturated heterocycles. The molecular weight excluding hydrogens is 295 g/mol. The predicted octanol–water partition coefficient (Wildman–Crippen LogP) is 2.44. The number of hydrogen-bond acceptors (Lipinski definition) is 3. The highest BCUT2D eigenvalue weighted by Crippen LogP contribution is 2.13. The molecule has 6 heteroatoms. The molecule has 0 fully saturated rings. The van der Waals surface area contributed by atoms with Gasteiger partial charge in [-0.3, -0.25) is 4.99 Å². The van der Waals surface area contributed by atoms with Crippen molar-refractivity contribution in [2.24, 2.45) is 4.99 Å². The van der Waals surface area contributed by atoms with E-state index in [4.69, 9.17) is 4.74 Å². The number of halogens is 1. The molecule has 1 aromatic carbocycles. The van der Waals surface area contributed by atoms with Crippen LogP contribution >= 0.6 is 0 Å². The monoisotopic (exact) mass is 316 g/mol. The Hall–Kier alpha value is -2.63. The molecule has 0 amide bonds. The molecule has 0 spiro atoms. The minimum Gasteiger partial charge on any atom is -0.481 e. The predicted molar refractivity (Wildman–Crippen MR) is 88.9 cm³/mol. The van der Waals surface area contributed by atoms with Crippen LogP contribution in [0.25, 0.3) is 0 Å². The van der Waals surface area contributed by atoms with Crippen molar-refractivity contribution in [2.45, 2.75) is 13.1 Å². The third kappa shape index (κ3) is 4.67. The minimum absolute atomic E-state index is 0.234. The number of methoxy groups -OCH3 is 1. The van der Waals surface area contributed by atoms with Crippen molar-refractivity contribution < 1.29 is 9.13 Å². The number of pyridine rings is 1. The van der Waals surface area contributed by atoms with Gasteiger partial charge in [0, 0.05) is 38.9 Å². The molecule has 122 valence electrons. The lowest BCUT2D eigenvalue weighted by atomic mass is 10.2. The summed E-state index contributed by atoms with van der Waals surface area (Å²) in [7, 11) is 5.25. The van der Waals surface area contributed by atoms with E-state index in [9.17, 15) is 4.39 Å². The molecule has 2 rings (SSSR count). The molecule has 2 aromatic rings. The summed E-state index contributed by atoms with van der Waals surface area (Å²) in [5, 5.41) is 3.27. The maximum Gasteiger partial charge on any atom is 0.218 e. The highest BCUT2D eigenvalue weighted by atomic mass is 19.1. The molecule has 0 saturated carbocycles. The van der Waals surface area contributed by atoms with Crippen LogP contribution in [0, 0.1) is 5.82 Å². The zero-order valence-corrected chi connectivity index (χ0v) is 13.6. The van der Waals surface area contributed by atoms with E-state index >= 15 is 0 Å². The Bertz CT molecular complexity index is 658. The van der Waals surface area contributed by atoms with Crippen molar-refractivity contribution in [3.8, 4) is 5.88 Å². The van der Waals surface area contributed by atoms with Crippen LogP contribution in [-0.4, -0.2) is 37.0 Å². The first kappa shape index (κ1) is 16.7. The summed E-state index contributed by atoms with van der Waals surface area (Å²) in [6.45, 7) is 1.18. The Morgan fingerprint density at radius 1 is 1.30 bits per heavy atom. The molecule has 0 aliphatic heterocycles. The molecule has 0 radical (unpaired) electrons. The second-order valence-electron chi connectivity index (χ2n) is 5.06. The number of rotatable bonds is 5. The van der Waals surface area contributed by atoms with Gasteiger partial charge in [-0.15, -0.1) is 0 Å². The number of aliphatic imine (C=N–C) groups is 1. The van der Waals surface area contributed by atoms with Crippen LogP contribution in [0.1, 0.15) is 11.1 Å². The van der Waals surface area contributed by atoms with E-state index in [1.54, 1.807) is 32.5 Å². The van der Waals surface area contributed by atoms with E-state index in [0.717, 1.165) is 17.1 Å². The highest BCUT2D eigenvalue weighted by Gasteiger charge is 2.09. The fourth-order valence-corrected chi connectivity index (χ4v) is 2.24. The number of hydrogen-bond donors (Lipinski definition) is 1. The summed E-state index contributed by atoms with van der Waals surface area (Å²) in [5.74, 6) is 1.10. The number of aromatic nitrogens is 1. The van der Waals surface area contributed by atoms with Crippen LogP contribution in [0.2, 0.25) is 0 Å². The average Bonchev–Trinajstić information content (AvgIpc) is 2.58. The number of nitrogens with zero attached hydrogens (tertiary/aromatic N) is 3. The van der Waals surface area contributed by atoms with E-state index in [1.807, 2.05) is 24.1 Å². The van der Waals surface area contributed by atoms with E-state index in [1.165, 1.54) is 12.1 Å². The lowest BCUT2D eigenvalue weighted by Gasteiger charge is -2.22. The lowest BCUT2D eigenvalue weighted by Crippen LogP contribution is -2.38. The molecule has 5 nitrogen and oxygen atoms in total. The van der Waals surface area contributed by atoms with Crippen LogP contribution in [0.15, 0.2) is 47.6 Å². The molecule has 0 aliphatic rings. The van der Waals surface area contributed by atoms with Gasteiger partial charge in [-0.05, 0) is 23.8 Å². The van der Waals surface area contributed by atoms with Crippen molar-refractivity contribution in [2.75, 3.05) is 21.2 Å². The van der Waals surface area contributed by atoms with Crippen LogP contribution < -0.4 is 10.1 Å². The van der Waals surface area contributed by atoms with Gasteiger partial charge in [0.15, 0.2) is 5.96 Å². The Morgan fingerprint density at radius 3 is 2.70 bits per heavy atom. The van der Waals surface area contributed by atoms with Crippen LogP contribution in [0.5, 0.6) is 5.88 Å². The van der Waals surface area contributed by atoms with E-state index in [0.29, 0.717) is 19.0 Å². The SMILES string of the molecule is CN=C(NCc1cccnc1OC)N(C)Cc1ccc(F)cc1. The number of ether oxygens (including phenoxy) is 1. The van der Waals surface area contributed by atoms with Gasteiger partial charge in [0.05, 0.1) is 7.11 Å². The smallest absolute Gasteiger partial charge is 0.218 e. The molecule has 0 bridgehead atoms. The van der Waals surface area contributed by atoms with Crippen molar-refractivity contribution in [1.82, 2.24) is 15.2 Å². The van der Waals surface area contributed by atoms with E-state index in [-0.39, 0.29) is 5.82 Å². The van der Waals surface area contributed by atoms with Crippen molar-refractivity contribution in [3.63, 3.8) is 0 Å². The average molecular weight is 316 g/mol. The highest BCUT2D eigenvalue weighted by molar-refractivity contribution is 5.79. The zero-order chi connectivity index (χ0) is 16.7. The fraction of sp³-hybridized carbons (Fsp3) is 0.294. The summed E-state index contributed by atoms with van der Waals surface area (Å²) >= 11 is 0. The third-order valence-corrected chi connectivity index (χ3v) is 3.39. The van der Waals surface area contributed by atoms with Gasteiger partial charge in [-0.2, -0.15) is 0 Å². The third-order valence-electron chi connectivity index (χ3n) is 3.39. The van der Waals surface area contributed by atoms with Crippen LogP contribution in [0.3, 0.4) is 0 Å². The molecule has 23 heavy (non-hydrogen) atoms. The van der Waals surface area contributed by atoms with Crippen molar-refractivity contribution in [3.05, 3.63) is 59.5 Å². The van der Waals surface area contributed by atoms with Gasteiger partial charge in [0.1, 0.15) is 5.82 Å². The number of nitrogens with one attached hydrogen (secondary N) is 1. The largest absolute Gasteiger partial charge is 0.481 e. The molecule has 0 unspecified atom stereocenters. The Kier molecular flexibility index (Phi) is 5.91. The summed E-state index contributed by atoms with van der Waals surface area (Å²) in [5.41, 5.74) is 1.96. The summed E-state index contributed by atoms with van der Waals surface area (Å²) < 4.78 is 18.2. The second kappa shape index (κ2) is 8.12. The normalized spacial score (nSPS) is 11.2. The maximum atomic E-state index is 13.0. The first-order valence-corrected chi connectivity index (χ1v) is 7.28. The lowest BCUT2D eigenvalue weighted by molar-refractivity contribution is 0.391. The summed E-state index contributed by atoms with van der Waals surface area (Å²) in [6.07, 6.45) is 1.69. The van der Waals surface area contributed by atoms with Gasteiger partial charge >= 0.3 is 0 Å².